The van der Waals surface area contributed by atoms with Crippen molar-refractivity contribution < 1.29 is 9.50 Å². The Morgan fingerprint density at radius 2 is 2.23 bits per heavy atom. The van der Waals surface area contributed by atoms with Crippen molar-refractivity contribution in [3.63, 3.8) is 0 Å². The quantitative estimate of drug-likeness (QED) is 0.870. The lowest BCUT2D eigenvalue weighted by molar-refractivity contribution is 0.170. The number of rotatable bonds is 3. The summed E-state index contributed by atoms with van der Waals surface area (Å²) < 4.78 is 13.6. The lowest BCUT2D eigenvalue weighted by atomic mass is 10.1. The highest BCUT2D eigenvalue weighted by Crippen LogP contribution is 2.19. The largest absolute Gasteiger partial charge is 0.393 e. The van der Waals surface area contributed by atoms with Gasteiger partial charge in [0.05, 0.1) is 6.10 Å². The van der Waals surface area contributed by atoms with Gasteiger partial charge in [0.2, 0.25) is 0 Å². The molecule has 0 amide bonds. The zero-order valence-electron chi connectivity index (χ0n) is 7.43. The summed E-state index contributed by atoms with van der Waals surface area (Å²) >= 11 is 3.31. The number of aliphatic hydroxyl groups is 1. The van der Waals surface area contributed by atoms with Crippen LogP contribution in [0.15, 0.2) is 22.7 Å². The van der Waals surface area contributed by atoms with Crippen molar-refractivity contribution in [2.24, 2.45) is 0 Å². The van der Waals surface area contributed by atoms with E-state index in [0.29, 0.717) is 12.8 Å². The molecule has 0 aliphatic carbocycles. The Labute approximate surface area is 85.7 Å². The second-order valence-corrected chi connectivity index (χ2v) is 3.86. The first-order valence-corrected chi connectivity index (χ1v) is 5.04. The maximum Gasteiger partial charge on any atom is 0.123 e. The highest BCUT2D eigenvalue weighted by Gasteiger charge is 2.06. The van der Waals surface area contributed by atoms with E-state index in [1.165, 1.54) is 12.1 Å². The van der Waals surface area contributed by atoms with E-state index in [4.69, 9.17) is 0 Å². The molecule has 0 aromatic heterocycles. The van der Waals surface area contributed by atoms with Gasteiger partial charge in [-0.2, -0.15) is 0 Å². The molecule has 13 heavy (non-hydrogen) atoms. The van der Waals surface area contributed by atoms with Crippen molar-refractivity contribution in [2.45, 2.75) is 25.9 Å². The van der Waals surface area contributed by atoms with Gasteiger partial charge in [-0.3, -0.25) is 0 Å². The van der Waals surface area contributed by atoms with Crippen molar-refractivity contribution in [2.75, 3.05) is 0 Å². The molecule has 0 saturated carbocycles. The van der Waals surface area contributed by atoms with Gasteiger partial charge in [-0.1, -0.05) is 22.9 Å². The third kappa shape index (κ3) is 3.08. The van der Waals surface area contributed by atoms with Crippen molar-refractivity contribution in [1.82, 2.24) is 0 Å². The monoisotopic (exact) mass is 246 g/mol. The van der Waals surface area contributed by atoms with Gasteiger partial charge < -0.3 is 5.11 Å². The maximum atomic E-state index is 12.8. The van der Waals surface area contributed by atoms with Gasteiger partial charge in [-0.25, -0.2) is 4.39 Å². The number of halogens is 2. The van der Waals surface area contributed by atoms with Crippen LogP contribution in [0.3, 0.4) is 0 Å². The Kier molecular flexibility index (Phi) is 3.88. The SMILES string of the molecule is CCC(O)Cc1cc(F)ccc1Br. The van der Waals surface area contributed by atoms with E-state index >= 15 is 0 Å². The second kappa shape index (κ2) is 4.72. The fourth-order valence-electron chi connectivity index (χ4n) is 1.10. The Hall–Kier alpha value is -0.410. The zero-order valence-corrected chi connectivity index (χ0v) is 9.01. The summed E-state index contributed by atoms with van der Waals surface area (Å²) in [5.41, 5.74) is 0.814. The second-order valence-electron chi connectivity index (χ2n) is 3.00. The van der Waals surface area contributed by atoms with Gasteiger partial charge in [0.25, 0.3) is 0 Å². The van der Waals surface area contributed by atoms with Gasteiger partial charge in [-0.05, 0) is 36.6 Å². The maximum absolute atomic E-state index is 12.8. The molecule has 0 spiro atoms. The number of hydrogen-bond donors (Lipinski definition) is 1. The average molecular weight is 247 g/mol. The third-order valence-electron chi connectivity index (χ3n) is 1.93. The Morgan fingerprint density at radius 3 is 2.85 bits per heavy atom. The summed E-state index contributed by atoms with van der Waals surface area (Å²) in [4.78, 5) is 0. The molecule has 0 bridgehead atoms. The summed E-state index contributed by atoms with van der Waals surface area (Å²) in [6.45, 7) is 1.90. The smallest absolute Gasteiger partial charge is 0.123 e. The van der Waals surface area contributed by atoms with E-state index in [1.807, 2.05) is 6.92 Å². The molecule has 0 fully saturated rings. The Bertz CT molecular complexity index is 288. The topological polar surface area (TPSA) is 20.2 Å². The highest BCUT2D eigenvalue weighted by molar-refractivity contribution is 9.10. The van der Waals surface area contributed by atoms with Crippen molar-refractivity contribution in [3.8, 4) is 0 Å². The molecule has 0 saturated heterocycles. The summed E-state index contributed by atoms with van der Waals surface area (Å²) in [7, 11) is 0. The molecular formula is C10H12BrFO. The Balaban J connectivity index is 2.81. The van der Waals surface area contributed by atoms with E-state index in [0.717, 1.165) is 10.0 Å². The number of benzene rings is 1. The summed E-state index contributed by atoms with van der Waals surface area (Å²) in [6, 6.07) is 4.50. The van der Waals surface area contributed by atoms with E-state index in [2.05, 4.69) is 15.9 Å². The molecule has 72 valence electrons. The average Bonchev–Trinajstić information content (AvgIpc) is 2.11. The fraction of sp³-hybridized carbons (Fsp3) is 0.400. The summed E-state index contributed by atoms with van der Waals surface area (Å²) in [5.74, 6) is -0.262. The van der Waals surface area contributed by atoms with E-state index in [1.54, 1.807) is 6.07 Å². The van der Waals surface area contributed by atoms with Crippen molar-refractivity contribution >= 4 is 15.9 Å². The minimum atomic E-state index is -0.391. The molecule has 0 heterocycles. The number of hydrogen-bond acceptors (Lipinski definition) is 1. The number of aliphatic hydroxyl groups excluding tert-OH is 1. The zero-order chi connectivity index (χ0) is 9.84. The van der Waals surface area contributed by atoms with Crippen LogP contribution in [0.1, 0.15) is 18.9 Å². The highest BCUT2D eigenvalue weighted by atomic mass is 79.9. The summed E-state index contributed by atoms with van der Waals surface area (Å²) in [5, 5.41) is 9.38. The molecule has 0 aliphatic rings. The molecule has 0 aliphatic heterocycles. The molecule has 1 atom stereocenters. The predicted octanol–water partition coefficient (Wildman–Crippen LogP) is 2.90. The van der Waals surface area contributed by atoms with Gasteiger partial charge in [0.15, 0.2) is 0 Å². The van der Waals surface area contributed by atoms with Crippen LogP contribution < -0.4 is 0 Å². The molecule has 1 rings (SSSR count). The van der Waals surface area contributed by atoms with Crippen LogP contribution in [0.5, 0.6) is 0 Å². The van der Waals surface area contributed by atoms with Gasteiger partial charge in [0.1, 0.15) is 5.82 Å². The first-order valence-electron chi connectivity index (χ1n) is 4.25. The van der Waals surface area contributed by atoms with Gasteiger partial charge in [0, 0.05) is 4.47 Å². The van der Waals surface area contributed by atoms with E-state index < -0.39 is 6.10 Å². The fourth-order valence-corrected chi connectivity index (χ4v) is 1.51. The van der Waals surface area contributed by atoms with Gasteiger partial charge >= 0.3 is 0 Å². The van der Waals surface area contributed by atoms with E-state index in [-0.39, 0.29) is 5.82 Å². The molecule has 3 heteroatoms. The summed E-state index contributed by atoms with van der Waals surface area (Å²) in [6.07, 6.45) is 0.788. The molecule has 1 nitrogen and oxygen atoms in total. The molecule has 1 N–H and O–H groups in total. The predicted molar refractivity (Wildman–Crippen MR) is 54.1 cm³/mol. The van der Waals surface area contributed by atoms with Crippen molar-refractivity contribution in [3.05, 3.63) is 34.1 Å². The van der Waals surface area contributed by atoms with Crippen LogP contribution in [0.25, 0.3) is 0 Å². The van der Waals surface area contributed by atoms with Crippen LogP contribution in [0.4, 0.5) is 4.39 Å². The molecule has 1 aromatic rings. The molecular weight excluding hydrogens is 235 g/mol. The van der Waals surface area contributed by atoms with Crippen molar-refractivity contribution in [1.29, 1.82) is 0 Å². The third-order valence-corrected chi connectivity index (χ3v) is 2.71. The standard InChI is InChI=1S/C10H12BrFO/c1-2-9(13)6-7-5-8(12)3-4-10(7)11/h3-5,9,13H,2,6H2,1H3. The normalized spacial score (nSPS) is 12.9. The van der Waals surface area contributed by atoms with Crippen LogP contribution in [0.2, 0.25) is 0 Å². The molecule has 1 unspecified atom stereocenters. The first-order chi connectivity index (χ1) is 6.13. The minimum absolute atomic E-state index is 0.262. The molecule has 1 aromatic carbocycles. The van der Waals surface area contributed by atoms with Crippen LogP contribution in [0, 0.1) is 5.82 Å². The van der Waals surface area contributed by atoms with Crippen LogP contribution >= 0.6 is 15.9 Å². The lowest BCUT2D eigenvalue weighted by Crippen LogP contribution is -2.08. The first kappa shape index (κ1) is 10.7. The van der Waals surface area contributed by atoms with Crippen LogP contribution in [-0.2, 0) is 6.42 Å². The molecule has 0 radical (unpaired) electrons. The van der Waals surface area contributed by atoms with Crippen LogP contribution in [-0.4, -0.2) is 11.2 Å². The van der Waals surface area contributed by atoms with E-state index in [9.17, 15) is 9.50 Å². The minimum Gasteiger partial charge on any atom is -0.393 e. The Morgan fingerprint density at radius 1 is 1.54 bits per heavy atom. The lowest BCUT2D eigenvalue weighted by Gasteiger charge is -2.09. The van der Waals surface area contributed by atoms with Gasteiger partial charge in [-0.15, -0.1) is 0 Å².